The largest absolute Gasteiger partial charge is 0.493 e. The molecule has 0 bridgehead atoms. The van der Waals surface area contributed by atoms with Crippen molar-refractivity contribution >= 4 is 11.9 Å². The molecule has 1 amide bonds. The van der Waals surface area contributed by atoms with E-state index < -0.39 is 5.82 Å². The van der Waals surface area contributed by atoms with Gasteiger partial charge in [0.15, 0.2) is 0 Å². The highest BCUT2D eigenvalue weighted by Crippen LogP contribution is 2.35. The van der Waals surface area contributed by atoms with Crippen molar-refractivity contribution in [1.82, 2.24) is 14.9 Å². The number of rotatable bonds is 6. The molecule has 0 radical (unpaired) electrons. The number of anilines is 1. The lowest BCUT2D eigenvalue weighted by molar-refractivity contribution is 0.0729. The summed E-state index contributed by atoms with van der Waals surface area (Å²) in [7, 11) is 0. The number of carbonyl (C=O) groups excluding carboxylic acids is 1. The average Bonchev–Trinajstić information content (AvgIpc) is 3.63. The number of morpholine rings is 1. The molecule has 0 N–H and O–H groups in total. The van der Waals surface area contributed by atoms with Crippen LogP contribution >= 0.6 is 0 Å². The molecule has 186 valence electrons. The van der Waals surface area contributed by atoms with Crippen LogP contribution in [0, 0.1) is 12.7 Å². The molecule has 3 aromatic rings. The fourth-order valence-electron chi connectivity index (χ4n) is 5.00. The van der Waals surface area contributed by atoms with E-state index in [1.165, 1.54) is 11.6 Å². The molecule has 3 heterocycles. The Balaban J connectivity index is 1.40. The first-order chi connectivity index (χ1) is 17.6. The molecule has 1 aromatic heterocycles. The second kappa shape index (κ2) is 9.50. The quantitative estimate of drug-likeness (QED) is 0.519. The minimum Gasteiger partial charge on any atom is -0.493 e. The number of carbonyl (C=O) groups is 1. The van der Waals surface area contributed by atoms with E-state index in [4.69, 9.17) is 19.4 Å². The highest BCUT2D eigenvalue weighted by Gasteiger charge is 2.36. The van der Waals surface area contributed by atoms with Crippen LogP contribution in [0.15, 0.2) is 42.5 Å². The van der Waals surface area contributed by atoms with E-state index in [-0.39, 0.29) is 11.9 Å². The number of amides is 1. The summed E-state index contributed by atoms with van der Waals surface area (Å²) in [5, 5.41) is 0. The lowest BCUT2D eigenvalue weighted by atomic mass is 10.0. The molecule has 36 heavy (non-hydrogen) atoms. The van der Waals surface area contributed by atoms with Crippen molar-refractivity contribution in [2.24, 2.45) is 0 Å². The molecule has 2 aromatic carbocycles. The summed E-state index contributed by atoms with van der Waals surface area (Å²) >= 11 is 0. The molecule has 3 aliphatic rings. The van der Waals surface area contributed by atoms with Crippen LogP contribution in [0.2, 0.25) is 0 Å². The smallest absolute Gasteiger partial charge is 0.258 e. The summed E-state index contributed by atoms with van der Waals surface area (Å²) < 4.78 is 26.2. The third-order valence-electron chi connectivity index (χ3n) is 7.07. The zero-order valence-electron chi connectivity index (χ0n) is 20.4. The minimum absolute atomic E-state index is 0.154. The molecule has 6 rings (SSSR count). The van der Waals surface area contributed by atoms with Crippen LogP contribution in [0.1, 0.15) is 40.0 Å². The zero-order chi connectivity index (χ0) is 24.6. The second-order valence-electron chi connectivity index (χ2n) is 9.62. The van der Waals surface area contributed by atoms with Gasteiger partial charge in [0.25, 0.3) is 5.91 Å². The van der Waals surface area contributed by atoms with Gasteiger partial charge >= 0.3 is 0 Å². The van der Waals surface area contributed by atoms with Gasteiger partial charge in [0, 0.05) is 37.7 Å². The summed E-state index contributed by atoms with van der Waals surface area (Å²) in [5.74, 6) is 0.864. The van der Waals surface area contributed by atoms with Crippen molar-refractivity contribution in [3.05, 3.63) is 70.7 Å². The lowest BCUT2D eigenvalue weighted by Crippen LogP contribution is -2.38. The highest BCUT2D eigenvalue weighted by molar-refractivity contribution is 6.01. The van der Waals surface area contributed by atoms with Gasteiger partial charge in [-0.05, 0) is 49.1 Å². The van der Waals surface area contributed by atoms with Gasteiger partial charge in [-0.25, -0.2) is 14.4 Å². The third-order valence-corrected chi connectivity index (χ3v) is 7.07. The van der Waals surface area contributed by atoms with Crippen molar-refractivity contribution in [1.29, 1.82) is 0 Å². The molecule has 0 spiro atoms. The summed E-state index contributed by atoms with van der Waals surface area (Å²) in [6, 6.07) is 12.8. The molecule has 0 unspecified atom stereocenters. The Bertz CT molecular complexity index is 1300. The molecular formula is C28H29FN4O3. The van der Waals surface area contributed by atoms with Gasteiger partial charge in [-0.3, -0.25) is 4.79 Å². The topological polar surface area (TPSA) is 67.8 Å². The number of benzene rings is 2. The lowest BCUT2D eigenvalue weighted by Gasteiger charge is -2.29. The molecular weight excluding hydrogens is 459 g/mol. The highest BCUT2D eigenvalue weighted by atomic mass is 19.1. The first kappa shape index (κ1) is 22.9. The predicted octanol–water partition coefficient (Wildman–Crippen LogP) is 4.17. The summed E-state index contributed by atoms with van der Waals surface area (Å²) in [6.07, 6.45) is 2.80. The first-order valence-electron chi connectivity index (χ1n) is 12.6. The Labute approximate surface area is 209 Å². The fourth-order valence-corrected chi connectivity index (χ4v) is 5.00. The van der Waals surface area contributed by atoms with Crippen molar-refractivity contribution in [3.63, 3.8) is 0 Å². The van der Waals surface area contributed by atoms with Gasteiger partial charge in [-0.15, -0.1) is 0 Å². The summed E-state index contributed by atoms with van der Waals surface area (Å²) in [6.45, 7) is 5.47. The van der Waals surface area contributed by atoms with Crippen molar-refractivity contribution < 1.29 is 18.7 Å². The normalized spacial score (nSPS) is 17.0. The van der Waals surface area contributed by atoms with E-state index in [2.05, 4.69) is 6.07 Å². The van der Waals surface area contributed by atoms with Crippen LogP contribution in [0.3, 0.4) is 0 Å². The maximum Gasteiger partial charge on any atom is 0.258 e. The van der Waals surface area contributed by atoms with Crippen LogP contribution < -0.4 is 9.64 Å². The molecule has 2 aliphatic heterocycles. The van der Waals surface area contributed by atoms with E-state index in [1.54, 1.807) is 18.2 Å². The van der Waals surface area contributed by atoms with Gasteiger partial charge in [0.1, 0.15) is 11.6 Å². The number of aryl methyl sites for hydroxylation is 1. The maximum atomic E-state index is 15.0. The number of hydrogen-bond acceptors (Lipinski definition) is 6. The third kappa shape index (κ3) is 4.41. The molecule has 2 fully saturated rings. The standard InChI is InChI=1S/C28H29FN4O3/c1-18-25(27(34)33(21-7-8-21)17-19-6-9-24-20(16-19)10-13-36-24)26(22-4-2-3-5-23(22)29)31-28(30-18)32-11-14-35-15-12-32/h2-6,9,16,21H,7-8,10-15,17H2,1H3. The molecule has 8 heteroatoms. The van der Waals surface area contributed by atoms with Crippen molar-refractivity contribution in [2.45, 2.75) is 38.8 Å². The SMILES string of the molecule is Cc1nc(N2CCOCC2)nc(-c2ccccc2F)c1C(=O)N(Cc1ccc2c(c1)CCO2)C1CC1. The van der Waals surface area contributed by atoms with Crippen LogP contribution in [-0.2, 0) is 17.7 Å². The van der Waals surface area contributed by atoms with Crippen LogP contribution in [0.5, 0.6) is 5.75 Å². The van der Waals surface area contributed by atoms with Gasteiger partial charge in [-0.2, -0.15) is 0 Å². The number of ether oxygens (including phenoxy) is 2. The number of halogens is 1. The summed E-state index contributed by atoms with van der Waals surface area (Å²) in [4.78, 5) is 27.6. The molecule has 0 atom stereocenters. The van der Waals surface area contributed by atoms with E-state index in [0.29, 0.717) is 67.9 Å². The maximum absolute atomic E-state index is 15.0. The van der Waals surface area contributed by atoms with Crippen molar-refractivity contribution in [2.75, 3.05) is 37.8 Å². The van der Waals surface area contributed by atoms with Crippen molar-refractivity contribution in [3.8, 4) is 17.0 Å². The van der Waals surface area contributed by atoms with E-state index in [9.17, 15) is 4.79 Å². The summed E-state index contributed by atoms with van der Waals surface area (Å²) in [5.41, 5.74) is 3.83. The number of hydrogen-bond donors (Lipinski definition) is 0. The molecule has 1 saturated carbocycles. The van der Waals surface area contributed by atoms with Gasteiger partial charge in [0.2, 0.25) is 5.95 Å². The van der Waals surface area contributed by atoms with E-state index in [1.807, 2.05) is 28.9 Å². The van der Waals surface area contributed by atoms with Crippen LogP contribution in [0.4, 0.5) is 10.3 Å². The van der Waals surface area contributed by atoms with Crippen LogP contribution in [-0.4, -0.2) is 59.7 Å². The van der Waals surface area contributed by atoms with Gasteiger partial charge in [0.05, 0.1) is 36.8 Å². The Kier molecular flexibility index (Phi) is 6.05. The van der Waals surface area contributed by atoms with E-state index >= 15 is 4.39 Å². The van der Waals surface area contributed by atoms with Gasteiger partial charge in [-0.1, -0.05) is 24.3 Å². The minimum atomic E-state index is -0.408. The molecule has 1 aliphatic carbocycles. The number of nitrogens with zero attached hydrogens (tertiary/aromatic N) is 4. The van der Waals surface area contributed by atoms with Crippen LogP contribution in [0.25, 0.3) is 11.3 Å². The Morgan fingerprint density at radius 2 is 1.92 bits per heavy atom. The molecule has 1 saturated heterocycles. The number of aromatic nitrogens is 2. The fraction of sp³-hybridized carbons (Fsp3) is 0.393. The molecule has 7 nitrogen and oxygen atoms in total. The second-order valence-corrected chi connectivity index (χ2v) is 9.62. The Morgan fingerprint density at radius 3 is 2.69 bits per heavy atom. The van der Waals surface area contributed by atoms with E-state index in [0.717, 1.165) is 30.6 Å². The predicted molar refractivity (Wildman–Crippen MR) is 134 cm³/mol. The van der Waals surface area contributed by atoms with Gasteiger partial charge < -0.3 is 19.3 Å². The number of fused-ring (bicyclic) bond motifs is 1. The first-order valence-corrected chi connectivity index (χ1v) is 12.6. The Morgan fingerprint density at radius 1 is 1.11 bits per heavy atom. The Hall–Kier alpha value is -3.52. The average molecular weight is 489 g/mol. The monoisotopic (exact) mass is 488 g/mol. The zero-order valence-corrected chi connectivity index (χ0v) is 20.4.